The molecule has 0 radical (unpaired) electrons. The van der Waals surface area contributed by atoms with E-state index in [0.29, 0.717) is 5.56 Å². The van der Waals surface area contributed by atoms with Crippen LogP contribution in [0.15, 0.2) is 139 Å². The highest BCUT2D eigenvalue weighted by molar-refractivity contribution is 6.08. The maximum Gasteiger partial charge on any atom is 0.338 e. The number of ether oxygens (including phenoxy) is 2. The molecular formula is C53H51N2O3+. The monoisotopic (exact) mass is 763 g/mol. The van der Waals surface area contributed by atoms with Gasteiger partial charge in [0, 0.05) is 52.7 Å². The van der Waals surface area contributed by atoms with Gasteiger partial charge in [-0.05, 0) is 106 Å². The minimum absolute atomic E-state index is 0.157. The molecule has 0 N–H and O–H groups in total. The van der Waals surface area contributed by atoms with Crippen LogP contribution >= 0.6 is 0 Å². The van der Waals surface area contributed by atoms with Crippen LogP contribution in [0.3, 0.4) is 0 Å². The number of benzene rings is 5. The van der Waals surface area contributed by atoms with Gasteiger partial charge in [-0.3, -0.25) is 0 Å². The summed E-state index contributed by atoms with van der Waals surface area (Å²) in [5.74, 6) is 1.59. The van der Waals surface area contributed by atoms with Gasteiger partial charge in [-0.1, -0.05) is 106 Å². The number of carbonyl (C=O) groups is 1. The molecule has 2 aliphatic carbocycles. The van der Waals surface area contributed by atoms with Crippen LogP contribution in [0.25, 0.3) is 17.2 Å². The number of allylic oxidation sites excluding steroid dienone is 5. The van der Waals surface area contributed by atoms with E-state index in [4.69, 9.17) is 9.47 Å². The topological polar surface area (TPSA) is 41.8 Å². The van der Waals surface area contributed by atoms with E-state index in [9.17, 15) is 4.79 Å². The molecule has 5 nitrogen and oxygen atoms in total. The first-order valence-corrected chi connectivity index (χ1v) is 20.8. The van der Waals surface area contributed by atoms with Gasteiger partial charge in [0.15, 0.2) is 5.71 Å². The van der Waals surface area contributed by atoms with Crippen molar-refractivity contribution in [3.05, 3.63) is 188 Å². The van der Waals surface area contributed by atoms with Gasteiger partial charge >= 0.3 is 5.97 Å². The van der Waals surface area contributed by atoms with Crippen molar-refractivity contribution in [2.24, 2.45) is 0 Å². The molecule has 5 aromatic carbocycles. The minimum Gasteiger partial charge on any atom is -0.465 e. The second-order valence-electron chi connectivity index (χ2n) is 16.2. The average molecular weight is 764 g/mol. The molecule has 2 fully saturated rings. The van der Waals surface area contributed by atoms with Gasteiger partial charge in [0.05, 0.1) is 19.1 Å². The number of fused-ring (bicyclic) bond motifs is 4. The number of carbonyl (C=O) groups excluding carboxylic acids is 1. The van der Waals surface area contributed by atoms with Crippen LogP contribution in [-0.4, -0.2) is 49.5 Å². The summed E-state index contributed by atoms with van der Waals surface area (Å²) in [6, 6.07) is 38.3. The van der Waals surface area contributed by atoms with E-state index in [1.54, 1.807) is 0 Å². The molecule has 3 heterocycles. The molecular weight excluding hydrogens is 713 g/mol. The fraction of sp³-hybridized carbons (Fsp3) is 0.245. The van der Waals surface area contributed by atoms with Crippen LogP contribution < -0.4 is 20.1 Å². The molecule has 0 spiro atoms. The molecule has 2 saturated heterocycles. The van der Waals surface area contributed by atoms with Crippen LogP contribution in [0.5, 0.6) is 11.5 Å². The fourth-order valence-electron chi connectivity index (χ4n) is 8.91. The van der Waals surface area contributed by atoms with Gasteiger partial charge < -0.3 is 14.4 Å². The van der Waals surface area contributed by atoms with Crippen LogP contribution in [0.4, 0.5) is 5.69 Å². The summed E-state index contributed by atoms with van der Waals surface area (Å²) in [5.41, 5.74) is 15.1. The van der Waals surface area contributed by atoms with E-state index < -0.39 is 0 Å². The molecule has 290 valence electrons. The van der Waals surface area contributed by atoms with Crippen molar-refractivity contribution in [2.45, 2.75) is 52.4 Å². The van der Waals surface area contributed by atoms with E-state index in [-0.39, 0.29) is 11.4 Å². The third-order valence-corrected chi connectivity index (χ3v) is 12.6. The molecule has 0 amide bonds. The van der Waals surface area contributed by atoms with E-state index >= 15 is 0 Å². The highest BCUT2D eigenvalue weighted by Crippen LogP contribution is 2.51. The first-order chi connectivity index (χ1) is 28.3. The summed E-state index contributed by atoms with van der Waals surface area (Å²) in [6.07, 6.45) is 12.5. The lowest BCUT2D eigenvalue weighted by Crippen LogP contribution is -2.38. The first kappa shape index (κ1) is 37.4. The van der Waals surface area contributed by atoms with E-state index in [0.717, 1.165) is 60.5 Å². The van der Waals surface area contributed by atoms with Gasteiger partial charge in [-0.2, -0.15) is 0 Å². The number of esters is 1. The third-order valence-electron chi connectivity index (χ3n) is 12.6. The Morgan fingerprint density at radius 2 is 1.59 bits per heavy atom. The zero-order chi connectivity index (χ0) is 40.0. The lowest BCUT2D eigenvalue weighted by Gasteiger charge is -2.41. The molecule has 5 heteroatoms. The summed E-state index contributed by atoms with van der Waals surface area (Å²) >= 11 is 0. The van der Waals surface area contributed by atoms with Crippen molar-refractivity contribution < 1.29 is 18.8 Å². The standard InChI is InChI=1S/C30H31N2O2.C23H20O/c1-30(2)26-18-20(31-14-6-15-31)10-12-24(26)28(22-8-4-5-9-23(22)29(33)34-3)25-13-11-21(19-27(25)30)32-16-7-17-32;1-3-16-10-12-19-21(14-16)24-22-15-17(4-2)11-13-20(22)23(19)18-8-6-5-7-9-18/h4-5,8-13,18-19H,6-7,14-17H2,1-3H3;3,5-15H,4H2,1-2H3/q+1;/b;16-3+. The number of methoxy groups -OCH3 is 1. The number of hydrogen-bond donors (Lipinski definition) is 0. The summed E-state index contributed by atoms with van der Waals surface area (Å²) in [6.45, 7) is 13.4. The largest absolute Gasteiger partial charge is 0.465 e. The Kier molecular flexibility index (Phi) is 9.85. The van der Waals surface area contributed by atoms with Gasteiger partial charge in [0.1, 0.15) is 24.6 Å². The summed E-state index contributed by atoms with van der Waals surface area (Å²) in [5, 5.41) is 2.33. The van der Waals surface area contributed by atoms with Gasteiger partial charge in [0.25, 0.3) is 0 Å². The lowest BCUT2D eigenvalue weighted by atomic mass is 9.64. The molecule has 5 aliphatic rings. The smallest absolute Gasteiger partial charge is 0.338 e. The number of rotatable bonds is 5. The maximum absolute atomic E-state index is 12.8. The Morgan fingerprint density at radius 3 is 2.29 bits per heavy atom. The quantitative estimate of drug-likeness (QED) is 0.130. The molecule has 3 aliphatic heterocycles. The van der Waals surface area contributed by atoms with Gasteiger partial charge in [0.2, 0.25) is 0 Å². The average Bonchev–Trinajstić information content (AvgIpc) is 3.22. The van der Waals surface area contributed by atoms with Crippen molar-refractivity contribution in [2.75, 3.05) is 38.2 Å². The van der Waals surface area contributed by atoms with Crippen LogP contribution in [-0.2, 0) is 16.6 Å². The molecule has 0 atom stereocenters. The Hall–Kier alpha value is -6.20. The summed E-state index contributed by atoms with van der Waals surface area (Å²) in [4.78, 5) is 15.2. The molecule has 0 bridgehead atoms. The second-order valence-corrected chi connectivity index (χ2v) is 16.2. The SMILES string of the molecule is C/C=c1\ccc2c(c1)Oc1cc(CC)ccc1C=2c1ccccc1.COC(=O)c1ccccc1C1=C2C=CC(=[N+]3CCC3)C=C2C(C)(C)c2cc(N3CCC3)ccc21. The molecule has 5 aromatic rings. The van der Waals surface area contributed by atoms with Crippen molar-refractivity contribution in [3.8, 4) is 11.5 Å². The van der Waals surface area contributed by atoms with Crippen LogP contribution in [0.2, 0.25) is 0 Å². The van der Waals surface area contributed by atoms with Crippen LogP contribution in [0.1, 0.15) is 84.3 Å². The molecule has 0 unspecified atom stereocenters. The fourth-order valence-corrected chi connectivity index (χ4v) is 8.91. The molecule has 0 aromatic heterocycles. The minimum atomic E-state index is -0.301. The zero-order valence-electron chi connectivity index (χ0n) is 34.3. The van der Waals surface area contributed by atoms with E-state index in [1.165, 1.54) is 81.1 Å². The number of nitrogens with zero attached hydrogens (tertiary/aromatic N) is 2. The van der Waals surface area contributed by atoms with Gasteiger partial charge in [-0.15, -0.1) is 0 Å². The molecule has 0 saturated carbocycles. The normalized spacial score (nSPS) is 17.3. The highest BCUT2D eigenvalue weighted by Gasteiger charge is 2.40. The Balaban J connectivity index is 0.000000160. The highest BCUT2D eigenvalue weighted by atomic mass is 16.5. The van der Waals surface area contributed by atoms with Crippen LogP contribution in [0, 0.1) is 0 Å². The predicted octanol–water partition coefficient (Wildman–Crippen LogP) is 9.53. The van der Waals surface area contributed by atoms with Crippen molar-refractivity contribution in [3.63, 3.8) is 0 Å². The zero-order valence-corrected chi connectivity index (χ0v) is 34.3. The number of aryl methyl sites for hydroxylation is 1. The summed E-state index contributed by atoms with van der Waals surface area (Å²) < 4.78 is 13.9. The van der Waals surface area contributed by atoms with Gasteiger partial charge in [-0.25, -0.2) is 9.37 Å². The Labute approximate surface area is 342 Å². The third kappa shape index (κ3) is 6.53. The lowest BCUT2D eigenvalue weighted by molar-refractivity contribution is -0.582. The first-order valence-electron chi connectivity index (χ1n) is 20.8. The molecule has 58 heavy (non-hydrogen) atoms. The summed E-state index contributed by atoms with van der Waals surface area (Å²) in [7, 11) is 1.45. The number of anilines is 1. The van der Waals surface area contributed by atoms with Crippen molar-refractivity contribution in [1.29, 1.82) is 0 Å². The molecule has 10 rings (SSSR count). The maximum atomic E-state index is 12.8. The van der Waals surface area contributed by atoms with E-state index in [2.05, 4.69) is 152 Å². The Morgan fingerprint density at radius 1 is 0.810 bits per heavy atom. The number of hydrogen-bond acceptors (Lipinski definition) is 4. The Bertz CT molecular complexity index is 2720. The second kappa shape index (κ2) is 15.3. The van der Waals surface area contributed by atoms with Crippen molar-refractivity contribution in [1.82, 2.24) is 0 Å². The van der Waals surface area contributed by atoms with E-state index in [1.807, 2.05) is 18.2 Å². The predicted molar refractivity (Wildman–Crippen MR) is 237 cm³/mol. The van der Waals surface area contributed by atoms with Crippen molar-refractivity contribution >= 4 is 34.6 Å².